The zero-order chi connectivity index (χ0) is 17.0. The van der Waals surface area contributed by atoms with E-state index in [1.165, 1.54) is 24.3 Å². The minimum absolute atomic E-state index is 0.0170. The molecule has 0 amide bonds. The number of nitro benzene ring substituents is 1. The number of ether oxygens (including phenoxy) is 1. The van der Waals surface area contributed by atoms with Crippen molar-refractivity contribution in [1.82, 2.24) is 4.57 Å². The number of Topliss-reactive ketones (excluding diaryl/α,β-unsaturated/α-hetero) is 1. The van der Waals surface area contributed by atoms with Gasteiger partial charge in [-0.05, 0) is 32.0 Å². The molecule has 120 valence electrons. The minimum atomic E-state index is -0.483. The van der Waals surface area contributed by atoms with E-state index in [0.717, 1.165) is 11.4 Å². The second-order valence-corrected chi connectivity index (χ2v) is 5.15. The van der Waals surface area contributed by atoms with Crippen molar-refractivity contribution in [3.63, 3.8) is 0 Å². The molecule has 2 aromatic rings. The average molecular weight is 314 g/mol. The average Bonchev–Trinajstić information content (AvgIpc) is 2.81. The summed E-state index contributed by atoms with van der Waals surface area (Å²) in [6, 6.07) is 7.48. The number of nitrogens with zero attached hydrogens (tertiary/aromatic N) is 2. The number of carbonyl (C=O) groups is 1. The van der Waals surface area contributed by atoms with Gasteiger partial charge in [0, 0.05) is 35.6 Å². The molecule has 2 rings (SSSR count). The van der Waals surface area contributed by atoms with Crippen LogP contribution in [-0.2, 0) is 6.54 Å². The number of non-ortho nitro benzene ring substituents is 1. The lowest BCUT2D eigenvalue weighted by Gasteiger charge is -2.07. The van der Waals surface area contributed by atoms with Gasteiger partial charge in [0.2, 0.25) is 5.78 Å². The van der Waals surface area contributed by atoms with Gasteiger partial charge in [0.05, 0.1) is 4.92 Å². The smallest absolute Gasteiger partial charge is 0.269 e. The molecule has 0 spiro atoms. The summed E-state index contributed by atoms with van der Waals surface area (Å²) in [7, 11) is 0. The van der Waals surface area contributed by atoms with Gasteiger partial charge in [-0.1, -0.05) is 6.08 Å². The fraction of sp³-hybridized carbons (Fsp3) is 0.235. The molecule has 0 aliphatic rings. The first kappa shape index (κ1) is 16.5. The van der Waals surface area contributed by atoms with Gasteiger partial charge >= 0.3 is 0 Å². The van der Waals surface area contributed by atoms with Crippen molar-refractivity contribution in [3.8, 4) is 5.75 Å². The molecule has 0 bridgehead atoms. The van der Waals surface area contributed by atoms with Crippen LogP contribution in [0.25, 0.3) is 0 Å². The number of benzene rings is 1. The molecule has 0 aliphatic heterocycles. The van der Waals surface area contributed by atoms with Crippen LogP contribution in [0.3, 0.4) is 0 Å². The largest absolute Gasteiger partial charge is 0.485 e. The third kappa shape index (κ3) is 3.66. The summed E-state index contributed by atoms with van der Waals surface area (Å²) >= 11 is 0. The summed E-state index contributed by atoms with van der Waals surface area (Å²) in [5.41, 5.74) is 2.46. The molecule has 6 nitrogen and oxygen atoms in total. The number of hydrogen-bond donors (Lipinski definition) is 0. The van der Waals surface area contributed by atoms with Gasteiger partial charge < -0.3 is 9.30 Å². The Morgan fingerprint density at radius 3 is 2.57 bits per heavy atom. The Bertz CT molecular complexity index is 745. The lowest BCUT2D eigenvalue weighted by molar-refractivity contribution is -0.384. The normalized spacial score (nSPS) is 10.3. The number of nitro groups is 1. The highest BCUT2D eigenvalue weighted by atomic mass is 16.6. The number of aromatic nitrogens is 1. The molecule has 0 unspecified atom stereocenters. The standard InChI is InChI=1S/C17H18N2O4/c1-4-9-18-12(2)10-16(13(18)3)17(20)11-23-15-7-5-14(6-8-15)19(21)22/h4-8,10H,1,9,11H2,2-3H3. The minimum Gasteiger partial charge on any atom is -0.485 e. The zero-order valence-electron chi connectivity index (χ0n) is 13.1. The second kappa shape index (κ2) is 6.91. The summed E-state index contributed by atoms with van der Waals surface area (Å²) in [4.78, 5) is 22.4. The van der Waals surface area contributed by atoms with Gasteiger partial charge in [-0.15, -0.1) is 6.58 Å². The van der Waals surface area contributed by atoms with Crippen molar-refractivity contribution < 1.29 is 14.5 Å². The summed E-state index contributed by atoms with van der Waals surface area (Å²) in [5.74, 6) is 0.288. The van der Waals surface area contributed by atoms with E-state index < -0.39 is 4.92 Å². The Balaban J connectivity index is 2.06. The van der Waals surface area contributed by atoms with Crippen LogP contribution < -0.4 is 4.74 Å². The maximum absolute atomic E-state index is 12.3. The number of carbonyl (C=O) groups excluding carboxylic acids is 1. The lowest BCUT2D eigenvalue weighted by atomic mass is 10.1. The molecule has 1 aromatic carbocycles. The van der Waals surface area contributed by atoms with E-state index in [9.17, 15) is 14.9 Å². The van der Waals surface area contributed by atoms with Crippen molar-refractivity contribution in [2.75, 3.05) is 6.61 Å². The van der Waals surface area contributed by atoms with Gasteiger partial charge in [0.15, 0.2) is 6.61 Å². The highest BCUT2D eigenvalue weighted by Crippen LogP contribution is 2.19. The van der Waals surface area contributed by atoms with Crippen LogP contribution in [0.15, 0.2) is 43.0 Å². The van der Waals surface area contributed by atoms with Crippen LogP contribution in [0.2, 0.25) is 0 Å². The maximum atomic E-state index is 12.3. The number of aryl methyl sites for hydroxylation is 1. The Morgan fingerprint density at radius 1 is 1.35 bits per heavy atom. The number of hydrogen-bond acceptors (Lipinski definition) is 4. The van der Waals surface area contributed by atoms with E-state index in [1.54, 1.807) is 6.08 Å². The molecule has 1 heterocycles. The van der Waals surface area contributed by atoms with Crippen LogP contribution >= 0.6 is 0 Å². The topological polar surface area (TPSA) is 74.4 Å². The zero-order valence-corrected chi connectivity index (χ0v) is 13.1. The first-order valence-electron chi connectivity index (χ1n) is 7.12. The summed E-state index contributed by atoms with van der Waals surface area (Å²) in [6.45, 7) is 8.06. The van der Waals surface area contributed by atoms with Gasteiger partial charge in [0.25, 0.3) is 5.69 Å². The molecule has 6 heteroatoms. The fourth-order valence-electron chi connectivity index (χ4n) is 2.38. The van der Waals surface area contributed by atoms with Crippen LogP contribution in [-0.4, -0.2) is 21.9 Å². The molecule has 0 atom stereocenters. The first-order chi connectivity index (χ1) is 10.9. The highest BCUT2D eigenvalue weighted by Gasteiger charge is 2.16. The Labute approximate surface area is 134 Å². The Kier molecular flexibility index (Phi) is 4.95. The van der Waals surface area contributed by atoms with E-state index in [-0.39, 0.29) is 18.1 Å². The van der Waals surface area contributed by atoms with Crippen molar-refractivity contribution in [3.05, 3.63) is 70.1 Å². The molecule has 23 heavy (non-hydrogen) atoms. The van der Waals surface area contributed by atoms with E-state index >= 15 is 0 Å². The van der Waals surface area contributed by atoms with Gasteiger partial charge in [-0.3, -0.25) is 14.9 Å². The SMILES string of the molecule is C=CCn1c(C)cc(C(=O)COc2ccc([N+](=O)[O-])cc2)c1C. The van der Waals surface area contributed by atoms with Crippen molar-refractivity contribution in [1.29, 1.82) is 0 Å². The summed E-state index contributed by atoms with van der Waals surface area (Å²) < 4.78 is 7.43. The predicted molar refractivity (Wildman–Crippen MR) is 87.0 cm³/mol. The molecule has 0 N–H and O–H groups in total. The van der Waals surface area contributed by atoms with E-state index in [0.29, 0.717) is 17.9 Å². The van der Waals surface area contributed by atoms with Crippen LogP contribution in [0.5, 0.6) is 5.75 Å². The quantitative estimate of drug-likeness (QED) is 0.339. The maximum Gasteiger partial charge on any atom is 0.269 e. The van der Waals surface area contributed by atoms with Gasteiger partial charge in [0.1, 0.15) is 5.75 Å². The van der Waals surface area contributed by atoms with Crippen LogP contribution in [0, 0.1) is 24.0 Å². The molecular weight excluding hydrogens is 296 g/mol. The first-order valence-corrected chi connectivity index (χ1v) is 7.12. The number of ketones is 1. The van der Waals surface area contributed by atoms with Crippen molar-refractivity contribution in [2.45, 2.75) is 20.4 Å². The van der Waals surface area contributed by atoms with E-state index in [2.05, 4.69) is 6.58 Å². The molecule has 0 fully saturated rings. The Morgan fingerprint density at radius 2 is 2.00 bits per heavy atom. The molecular formula is C17H18N2O4. The van der Waals surface area contributed by atoms with E-state index in [1.807, 2.05) is 24.5 Å². The number of allylic oxidation sites excluding steroid dienone is 1. The summed E-state index contributed by atoms with van der Waals surface area (Å²) in [6.07, 6.45) is 1.78. The third-order valence-corrected chi connectivity index (χ3v) is 3.60. The molecule has 0 saturated carbocycles. The monoisotopic (exact) mass is 314 g/mol. The molecule has 0 aliphatic carbocycles. The number of rotatable bonds is 7. The van der Waals surface area contributed by atoms with Gasteiger partial charge in [-0.2, -0.15) is 0 Å². The lowest BCUT2D eigenvalue weighted by Crippen LogP contribution is -2.13. The van der Waals surface area contributed by atoms with Crippen LogP contribution in [0.4, 0.5) is 5.69 Å². The Hall–Kier alpha value is -2.89. The van der Waals surface area contributed by atoms with Crippen molar-refractivity contribution in [2.24, 2.45) is 0 Å². The predicted octanol–water partition coefficient (Wildman–Crippen LogP) is 3.46. The third-order valence-electron chi connectivity index (χ3n) is 3.60. The fourth-order valence-corrected chi connectivity index (χ4v) is 2.38. The van der Waals surface area contributed by atoms with E-state index in [4.69, 9.17) is 4.74 Å². The second-order valence-electron chi connectivity index (χ2n) is 5.15. The summed E-state index contributed by atoms with van der Waals surface area (Å²) in [5, 5.41) is 10.6. The molecule has 0 radical (unpaired) electrons. The van der Waals surface area contributed by atoms with Crippen molar-refractivity contribution >= 4 is 11.5 Å². The van der Waals surface area contributed by atoms with Crippen LogP contribution in [0.1, 0.15) is 21.7 Å². The molecule has 0 saturated heterocycles. The van der Waals surface area contributed by atoms with Gasteiger partial charge in [-0.25, -0.2) is 0 Å². The molecule has 1 aromatic heterocycles. The highest BCUT2D eigenvalue weighted by molar-refractivity contribution is 5.98.